The van der Waals surface area contributed by atoms with Crippen molar-refractivity contribution in [1.82, 2.24) is 14.6 Å². The van der Waals surface area contributed by atoms with E-state index in [1.807, 2.05) is 0 Å². The van der Waals surface area contributed by atoms with Crippen molar-refractivity contribution in [2.24, 2.45) is 5.92 Å². The van der Waals surface area contributed by atoms with Gasteiger partial charge in [-0.1, -0.05) is 37.5 Å². The fourth-order valence-electron chi connectivity index (χ4n) is 3.00. The smallest absolute Gasteiger partial charge is 0.275 e. The minimum Gasteiger partial charge on any atom is -0.357 e. The van der Waals surface area contributed by atoms with E-state index in [2.05, 4.69) is 22.3 Å². The maximum atomic E-state index is 11.7. The van der Waals surface area contributed by atoms with Gasteiger partial charge < -0.3 is 5.32 Å². The molecule has 2 aromatic rings. The van der Waals surface area contributed by atoms with E-state index in [-0.39, 0.29) is 5.56 Å². The Balaban J connectivity index is 1.75. The maximum Gasteiger partial charge on any atom is 0.275 e. The number of fused-ring (bicyclic) bond motifs is 1. The van der Waals surface area contributed by atoms with Gasteiger partial charge in [0.2, 0.25) is 10.1 Å². The molecule has 0 amide bonds. The van der Waals surface area contributed by atoms with Crippen molar-refractivity contribution in [1.29, 1.82) is 0 Å². The molecule has 0 spiro atoms. The normalized spacial score (nSPS) is 22.4. The molecule has 3 rings (SSSR count). The second-order valence-corrected chi connectivity index (χ2v) is 6.42. The van der Waals surface area contributed by atoms with E-state index in [4.69, 9.17) is 0 Å². The number of hydrogen-bond donors (Lipinski definition) is 1. The summed E-state index contributed by atoms with van der Waals surface area (Å²) in [6, 6.07) is 1.94. The van der Waals surface area contributed by atoms with Gasteiger partial charge in [-0.05, 0) is 25.2 Å². The van der Waals surface area contributed by atoms with Crippen LogP contribution in [0.5, 0.6) is 0 Å². The lowest BCUT2D eigenvalue weighted by Crippen LogP contribution is -2.24. The minimum absolute atomic E-state index is 0.117. The lowest BCUT2D eigenvalue weighted by molar-refractivity contribution is 0.448. The molecule has 2 aromatic heterocycles. The molecule has 108 valence electrons. The minimum atomic E-state index is -0.117. The third-order valence-corrected chi connectivity index (χ3v) is 4.92. The molecule has 5 nitrogen and oxygen atoms in total. The summed E-state index contributed by atoms with van der Waals surface area (Å²) in [7, 11) is 0. The topological polar surface area (TPSA) is 59.3 Å². The van der Waals surface area contributed by atoms with Gasteiger partial charge in [-0.15, -0.1) is 5.10 Å². The van der Waals surface area contributed by atoms with Gasteiger partial charge in [0.25, 0.3) is 5.56 Å². The Bertz CT molecular complexity index is 635. The van der Waals surface area contributed by atoms with Gasteiger partial charge in [0.15, 0.2) is 0 Å². The molecule has 1 saturated carbocycles. The van der Waals surface area contributed by atoms with Crippen LogP contribution in [0, 0.1) is 5.92 Å². The Morgan fingerprint density at radius 2 is 2.40 bits per heavy atom. The Kier molecular flexibility index (Phi) is 4.00. The SMILES string of the molecule is CCCCC1CCCC1Nc1nn2c(=O)ccnc2s1. The molecule has 1 N–H and O–H groups in total. The van der Waals surface area contributed by atoms with Gasteiger partial charge in [0.05, 0.1) is 0 Å². The first kappa shape index (κ1) is 13.5. The molecule has 0 saturated heterocycles. The van der Waals surface area contributed by atoms with Gasteiger partial charge in [0, 0.05) is 18.3 Å². The average Bonchev–Trinajstić information content (AvgIpc) is 3.04. The first-order chi connectivity index (χ1) is 9.78. The van der Waals surface area contributed by atoms with E-state index in [1.54, 1.807) is 6.20 Å². The molecule has 2 heterocycles. The van der Waals surface area contributed by atoms with Crippen LogP contribution in [-0.4, -0.2) is 20.6 Å². The summed E-state index contributed by atoms with van der Waals surface area (Å²) in [4.78, 5) is 16.5. The maximum absolute atomic E-state index is 11.7. The van der Waals surface area contributed by atoms with Gasteiger partial charge in [-0.3, -0.25) is 4.79 Å². The number of anilines is 1. The van der Waals surface area contributed by atoms with E-state index >= 15 is 0 Å². The first-order valence-corrected chi connectivity index (χ1v) is 8.21. The third-order valence-electron chi connectivity index (χ3n) is 4.07. The first-order valence-electron chi connectivity index (χ1n) is 7.39. The van der Waals surface area contributed by atoms with Crippen LogP contribution >= 0.6 is 11.3 Å². The molecule has 1 aliphatic rings. The second kappa shape index (κ2) is 5.91. The Labute approximate surface area is 122 Å². The van der Waals surface area contributed by atoms with Crippen LogP contribution in [0.3, 0.4) is 0 Å². The molecule has 1 aliphatic carbocycles. The zero-order chi connectivity index (χ0) is 13.9. The predicted molar refractivity (Wildman–Crippen MR) is 81.4 cm³/mol. The third kappa shape index (κ3) is 2.70. The number of nitrogens with one attached hydrogen (secondary N) is 1. The van der Waals surface area contributed by atoms with E-state index in [0.717, 1.165) is 11.0 Å². The van der Waals surface area contributed by atoms with E-state index in [0.29, 0.717) is 11.0 Å². The highest BCUT2D eigenvalue weighted by Gasteiger charge is 2.27. The Morgan fingerprint density at radius 1 is 1.50 bits per heavy atom. The van der Waals surface area contributed by atoms with Crippen molar-refractivity contribution in [2.75, 3.05) is 5.32 Å². The number of rotatable bonds is 5. The van der Waals surface area contributed by atoms with Crippen LogP contribution in [0.1, 0.15) is 45.4 Å². The molecule has 0 aliphatic heterocycles. The fourth-order valence-corrected chi connectivity index (χ4v) is 3.84. The van der Waals surface area contributed by atoms with Crippen molar-refractivity contribution in [3.05, 3.63) is 22.6 Å². The van der Waals surface area contributed by atoms with Crippen LogP contribution in [0.25, 0.3) is 4.96 Å². The highest BCUT2D eigenvalue weighted by molar-refractivity contribution is 7.20. The van der Waals surface area contributed by atoms with Gasteiger partial charge >= 0.3 is 0 Å². The second-order valence-electron chi connectivity index (χ2n) is 5.47. The van der Waals surface area contributed by atoms with Crippen molar-refractivity contribution in [3.63, 3.8) is 0 Å². The largest absolute Gasteiger partial charge is 0.357 e. The molecule has 0 bridgehead atoms. The summed E-state index contributed by atoms with van der Waals surface area (Å²) in [5.41, 5.74) is -0.117. The van der Waals surface area contributed by atoms with Gasteiger partial charge in [-0.25, -0.2) is 4.98 Å². The van der Waals surface area contributed by atoms with E-state index in [9.17, 15) is 4.79 Å². The van der Waals surface area contributed by atoms with Crippen molar-refractivity contribution in [2.45, 2.75) is 51.5 Å². The zero-order valence-corrected chi connectivity index (χ0v) is 12.5. The summed E-state index contributed by atoms with van der Waals surface area (Å²) in [6.07, 6.45) is 9.17. The number of hydrogen-bond acceptors (Lipinski definition) is 5. The van der Waals surface area contributed by atoms with Crippen LogP contribution in [0.2, 0.25) is 0 Å². The van der Waals surface area contributed by atoms with Crippen LogP contribution < -0.4 is 10.9 Å². The van der Waals surface area contributed by atoms with E-state index in [1.165, 1.54) is 60.4 Å². The summed E-state index contributed by atoms with van der Waals surface area (Å²) >= 11 is 1.45. The van der Waals surface area contributed by atoms with Crippen LogP contribution in [-0.2, 0) is 0 Å². The average molecular weight is 292 g/mol. The van der Waals surface area contributed by atoms with Crippen molar-refractivity contribution < 1.29 is 0 Å². The summed E-state index contributed by atoms with van der Waals surface area (Å²) in [5.74, 6) is 0.742. The molecule has 6 heteroatoms. The quantitative estimate of drug-likeness (QED) is 0.920. The highest BCUT2D eigenvalue weighted by atomic mass is 32.1. The molecule has 20 heavy (non-hydrogen) atoms. The Morgan fingerprint density at radius 3 is 3.20 bits per heavy atom. The highest BCUT2D eigenvalue weighted by Crippen LogP contribution is 2.32. The monoisotopic (exact) mass is 292 g/mol. The number of nitrogens with zero attached hydrogens (tertiary/aromatic N) is 3. The molecule has 1 fully saturated rings. The van der Waals surface area contributed by atoms with Crippen molar-refractivity contribution in [3.8, 4) is 0 Å². The molecule has 0 aromatic carbocycles. The van der Waals surface area contributed by atoms with Crippen molar-refractivity contribution >= 4 is 21.4 Å². The van der Waals surface area contributed by atoms with Crippen LogP contribution in [0.4, 0.5) is 5.13 Å². The molecular formula is C14H20N4OS. The number of aromatic nitrogens is 3. The predicted octanol–water partition coefficient (Wildman–Crippen LogP) is 2.92. The lowest BCUT2D eigenvalue weighted by Gasteiger charge is -2.19. The molecule has 2 unspecified atom stereocenters. The lowest BCUT2D eigenvalue weighted by atomic mass is 9.97. The Hall–Kier alpha value is -1.43. The number of unbranched alkanes of at least 4 members (excludes halogenated alkanes) is 1. The zero-order valence-electron chi connectivity index (χ0n) is 11.7. The summed E-state index contributed by atoms with van der Waals surface area (Å²) < 4.78 is 1.38. The molecular weight excluding hydrogens is 272 g/mol. The molecule has 0 radical (unpaired) electrons. The van der Waals surface area contributed by atoms with E-state index < -0.39 is 0 Å². The molecule has 2 atom stereocenters. The standard InChI is InChI=1S/C14H20N4OS/c1-2-3-5-10-6-4-7-11(10)16-13-17-18-12(19)8-9-15-14(18)20-13/h8-11H,2-7H2,1H3,(H,16,17). The van der Waals surface area contributed by atoms with Gasteiger partial charge in [0.1, 0.15) is 0 Å². The van der Waals surface area contributed by atoms with Crippen LogP contribution in [0.15, 0.2) is 17.1 Å². The van der Waals surface area contributed by atoms with Gasteiger partial charge in [-0.2, -0.15) is 4.52 Å². The fraction of sp³-hybridized carbons (Fsp3) is 0.643. The summed E-state index contributed by atoms with van der Waals surface area (Å²) in [6.45, 7) is 2.24. The summed E-state index contributed by atoms with van der Waals surface area (Å²) in [5, 5.41) is 8.68.